The van der Waals surface area contributed by atoms with Gasteiger partial charge in [-0.25, -0.2) is 14.4 Å². The summed E-state index contributed by atoms with van der Waals surface area (Å²) in [5, 5.41) is 20.8. The number of nitrogens with one attached hydrogen (secondary N) is 1. The number of carboxylic acid groups (broad SMARTS) is 2. The van der Waals surface area contributed by atoms with E-state index < -0.39 is 30.2 Å². The van der Waals surface area contributed by atoms with Crippen molar-refractivity contribution in [3.8, 4) is 16.2 Å². The number of amides is 1. The molecule has 0 aliphatic carbocycles. The number of carboxylic acids is 2. The Kier molecular flexibility index (Phi) is 7.26. The third-order valence-corrected chi connectivity index (χ3v) is 5.62. The number of carbonyl (C=O) groups is 3. The average molecular weight is 486 g/mol. The Morgan fingerprint density at radius 1 is 1.14 bits per heavy atom. The highest BCUT2D eigenvalue weighted by molar-refractivity contribution is 9.10. The van der Waals surface area contributed by atoms with Gasteiger partial charge in [0.05, 0.1) is 9.35 Å². The fourth-order valence-electron chi connectivity index (χ4n) is 2.25. The molecule has 0 spiro atoms. The fourth-order valence-corrected chi connectivity index (χ4v) is 4.14. The molecular weight excluding hydrogens is 466 g/mol. The molecule has 156 valence electrons. The van der Waals surface area contributed by atoms with Crippen LogP contribution in [-0.4, -0.2) is 40.5 Å². The third-order valence-electron chi connectivity index (χ3n) is 3.40. The van der Waals surface area contributed by atoms with Gasteiger partial charge in [-0.3, -0.25) is 0 Å². The van der Waals surface area contributed by atoms with Crippen LogP contribution in [0.25, 0.3) is 10.4 Å². The predicted octanol–water partition coefficient (Wildman–Crippen LogP) is 4.36. The fraction of sp³-hybridized carbons (Fsp3) is 0.316. The molecule has 0 atom stereocenters. The van der Waals surface area contributed by atoms with E-state index in [9.17, 15) is 19.5 Å². The number of aromatic carboxylic acids is 1. The van der Waals surface area contributed by atoms with Gasteiger partial charge in [-0.2, -0.15) is 0 Å². The summed E-state index contributed by atoms with van der Waals surface area (Å²) in [7, 11) is 0. The molecule has 1 heterocycles. The summed E-state index contributed by atoms with van der Waals surface area (Å²) >= 11 is 4.28. The van der Waals surface area contributed by atoms with Crippen molar-refractivity contribution in [2.75, 3.05) is 6.61 Å². The smallest absolute Gasteiger partial charge is 0.407 e. The van der Waals surface area contributed by atoms with Crippen molar-refractivity contribution < 1.29 is 34.1 Å². The van der Waals surface area contributed by atoms with Crippen LogP contribution in [0, 0.1) is 0 Å². The Labute approximate surface area is 179 Å². The monoisotopic (exact) mass is 485 g/mol. The van der Waals surface area contributed by atoms with Crippen molar-refractivity contribution in [2.24, 2.45) is 0 Å². The second-order valence-electron chi connectivity index (χ2n) is 6.94. The SMILES string of the molecule is CC(C)(C)OC(=O)NCc1ccc(-c2sc(C(=O)O)c(OCC(=O)O)c2Br)cc1. The van der Waals surface area contributed by atoms with Gasteiger partial charge in [0.1, 0.15) is 5.60 Å². The number of aliphatic carboxylic acids is 1. The van der Waals surface area contributed by atoms with Crippen LogP contribution >= 0.6 is 27.3 Å². The molecule has 2 rings (SSSR count). The van der Waals surface area contributed by atoms with Crippen LogP contribution in [0.15, 0.2) is 28.7 Å². The van der Waals surface area contributed by atoms with Crippen LogP contribution in [0.4, 0.5) is 4.79 Å². The number of carbonyl (C=O) groups excluding carboxylic acids is 1. The zero-order valence-electron chi connectivity index (χ0n) is 15.9. The van der Waals surface area contributed by atoms with Crippen LogP contribution in [0.3, 0.4) is 0 Å². The standard InChI is InChI=1S/C19H20BrNO7S/c1-19(2,3)28-18(26)21-8-10-4-6-11(7-5-10)15-13(20)14(27-9-12(22)23)16(29-15)17(24)25/h4-7H,8-9H2,1-3H3,(H,21,26)(H,22,23)(H,24,25). The molecule has 29 heavy (non-hydrogen) atoms. The topological polar surface area (TPSA) is 122 Å². The Bertz CT molecular complexity index is 916. The van der Waals surface area contributed by atoms with E-state index in [1.165, 1.54) is 0 Å². The van der Waals surface area contributed by atoms with Gasteiger partial charge in [0, 0.05) is 6.54 Å². The van der Waals surface area contributed by atoms with E-state index in [1.54, 1.807) is 45.0 Å². The van der Waals surface area contributed by atoms with Gasteiger partial charge in [-0.15, -0.1) is 11.3 Å². The number of alkyl carbamates (subject to hydrolysis) is 1. The summed E-state index contributed by atoms with van der Waals surface area (Å²) < 4.78 is 10.7. The zero-order valence-corrected chi connectivity index (χ0v) is 18.3. The molecule has 0 aliphatic heterocycles. The maximum absolute atomic E-state index is 11.7. The molecule has 1 amide bonds. The number of benzene rings is 1. The third kappa shape index (κ3) is 6.47. The first kappa shape index (κ1) is 22.7. The van der Waals surface area contributed by atoms with E-state index in [0.717, 1.165) is 22.5 Å². The minimum atomic E-state index is -1.21. The van der Waals surface area contributed by atoms with Crippen molar-refractivity contribution in [3.05, 3.63) is 39.2 Å². The molecule has 1 aromatic heterocycles. The highest BCUT2D eigenvalue weighted by Crippen LogP contribution is 2.45. The molecule has 0 unspecified atom stereocenters. The van der Waals surface area contributed by atoms with E-state index in [4.69, 9.17) is 14.6 Å². The van der Waals surface area contributed by atoms with Crippen molar-refractivity contribution in [3.63, 3.8) is 0 Å². The Balaban J connectivity index is 2.17. The first-order valence-corrected chi connectivity index (χ1v) is 10.0. The number of hydrogen-bond donors (Lipinski definition) is 3. The van der Waals surface area contributed by atoms with E-state index in [-0.39, 0.29) is 17.2 Å². The average Bonchev–Trinajstić information content (AvgIpc) is 2.94. The molecule has 1 aromatic carbocycles. The summed E-state index contributed by atoms with van der Waals surface area (Å²) in [5.41, 5.74) is 0.963. The predicted molar refractivity (Wildman–Crippen MR) is 111 cm³/mol. The summed E-state index contributed by atoms with van der Waals surface area (Å²) in [5.74, 6) is -2.43. The summed E-state index contributed by atoms with van der Waals surface area (Å²) in [6.45, 7) is 4.96. The van der Waals surface area contributed by atoms with Gasteiger partial charge in [-0.1, -0.05) is 24.3 Å². The first-order chi connectivity index (χ1) is 13.5. The van der Waals surface area contributed by atoms with Crippen molar-refractivity contribution >= 4 is 45.3 Å². The number of hydrogen-bond acceptors (Lipinski definition) is 6. The quantitative estimate of drug-likeness (QED) is 0.532. The highest BCUT2D eigenvalue weighted by atomic mass is 79.9. The molecule has 2 aromatic rings. The molecule has 0 bridgehead atoms. The number of rotatable bonds is 7. The highest BCUT2D eigenvalue weighted by Gasteiger charge is 2.24. The van der Waals surface area contributed by atoms with E-state index >= 15 is 0 Å². The number of halogens is 1. The van der Waals surface area contributed by atoms with Crippen LogP contribution in [0.2, 0.25) is 0 Å². The van der Waals surface area contributed by atoms with Gasteiger partial charge in [0.2, 0.25) is 0 Å². The minimum Gasteiger partial charge on any atom is -0.479 e. The molecule has 0 saturated carbocycles. The van der Waals surface area contributed by atoms with E-state index in [0.29, 0.717) is 9.35 Å². The van der Waals surface area contributed by atoms with E-state index in [1.807, 2.05) is 0 Å². The maximum Gasteiger partial charge on any atom is 0.407 e. The lowest BCUT2D eigenvalue weighted by Gasteiger charge is -2.19. The Hall–Kier alpha value is -2.59. The van der Waals surface area contributed by atoms with Gasteiger partial charge < -0.3 is 25.0 Å². The number of thiophene rings is 1. The van der Waals surface area contributed by atoms with Gasteiger partial charge in [0.15, 0.2) is 17.2 Å². The molecule has 3 N–H and O–H groups in total. The first-order valence-electron chi connectivity index (χ1n) is 8.44. The van der Waals surface area contributed by atoms with Crippen LogP contribution in [0.5, 0.6) is 5.75 Å². The largest absolute Gasteiger partial charge is 0.479 e. The molecule has 0 saturated heterocycles. The van der Waals surface area contributed by atoms with Crippen LogP contribution in [0.1, 0.15) is 36.0 Å². The molecular formula is C19H20BrNO7S. The summed E-state index contributed by atoms with van der Waals surface area (Å²) in [6.07, 6.45) is -0.520. The lowest BCUT2D eigenvalue weighted by molar-refractivity contribution is -0.139. The van der Waals surface area contributed by atoms with Gasteiger partial charge in [-0.05, 0) is 47.8 Å². The molecule has 10 heteroatoms. The van der Waals surface area contributed by atoms with Gasteiger partial charge >= 0.3 is 18.0 Å². The lowest BCUT2D eigenvalue weighted by Crippen LogP contribution is -2.32. The zero-order chi connectivity index (χ0) is 21.8. The second-order valence-corrected chi connectivity index (χ2v) is 8.76. The molecule has 0 aliphatic rings. The second kappa shape index (κ2) is 9.27. The normalized spacial score (nSPS) is 11.0. The van der Waals surface area contributed by atoms with E-state index in [2.05, 4.69) is 21.2 Å². The van der Waals surface area contributed by atoms with Crippen molar-refractivity contribution in [1.82, 2.24) is 5.32 Å². The van der Waals surface area contributed by atoms with Crippen molar-refractivity contribution in [2.45, 2.75) is 32.9 Å². The molecule has 0 fully saturated rings. The lowest BCUT2D eigenvalue weighted by atomic mass is 10.1. The summed E-state index contributed by atoms with van der Waals surface area (Å²) in [4.78, 5) is 34.4. The van der Waals surface area contributed by atoms with Crippen molar-refractivity contribution in [1.29, 1.82) is 0 Å². The van der Waals surface area contributed by atoms with Crippen LogP contribution < -0.4 is 10.1 Å². The Morgan fingerprint density at radius 3 is 2.28 bits per heavy atom. The van der Waals surface area contributed by atoms with Gasteiger partial charge in [0.25, 0.3) is 0 Å². The number of ether oxygens (including phenoxy) is 2. The minimum absolute atomic E-state index is 0.0180. The summed E-state index contributed by atoms with van der Waals surface area (Å²) in [6, 6.07) is 7.12. The van der Waals surface area contributed by atoms with Crippen LogP contribution in [-0.2, 0) is 16.1 Å². The Morgan fingerprint density at radius 2 is 1.76 bits per heavy atom. The molecule has 0 radical (unpaired) electrons. The molecule has 8 nitrogen and oxygen atoms in total. The maximum atomic E-state index is 11.7.